The van der Waals surface area contributed by atoms with Gasteiger partial charge in [-0.2, -0.15) is 0 Å². The highest BCUT2D eigenvalue weighted by atomic mass is 32.2. The summed E-state index contributed by atoms with van der Waals surface area (Å²) in [6.45, 7) is 0.662. The molecule has 0 aliphatic carbocycles. The molecule has 1 aliphatic heterocycles. The lowest BCUT2D eigenvalue weighted by atomic mass is 10.2. The quantitative estimate of drug-likeness (QED) is 0.801. The van der Waals surface area contributed by atoms with Gasteiger partial charge >= 0.3 is 5.97 Å². The van der Waals surface area contributed by atoms with E-state index in [1.165, 1.54) is 0 Å². The van der Waals surface area contributed by atoms with Crippen molar-refractivity contribution in [2.75, 3.05) is 12.5 Å². The van der Waals surface area contributed by atoms with Gasteiger partial charge in [-0.05, 0) is 28.1 Å². The van der Waals surface area contributed by atoms with Gasteiger partial charge in [0.1, 0.15) is 0 Å². The molecule has 8 nitrogen and oxygen atoms in total. The average Bonchev–Trinajstić information content (AvgIpc) is 3.04. The Bertz CT molecular complexity index is 645. The largest absolute Gasteiger partial charge is 0.481 e. The van der Waals surface area contributed by atoms with Crippen molar-refractivity contribution in [1.29, 1.82) is 0 Å². The fourth-order valence-corrected chi connectivity index (χ4v) is 2.33. The smallest absolute Gasteiger partial charge is 0.313 e. The molecule has 20 heavy (non-hydrogen) atoms. The zero-order valence-electron chi connectivity index (χ0n) is 10.2. The van der Waals surface area contributed by atoms with Crippen molar-refractivity contribution in [3.8, 4) is 11.5 Å². The van der Waals surface area contributed by atoms with Gasteiger partial charge in [-0.25, -0.2) is 4.68 Å². The molecular weight excluding hydrogens is 284 g/mol. The molecule has 1 aromatic carbocycles. The normalized spacial score (nSPS) is 12.6. The van der Waals surface area contributed by atoms with Crippen molar-refractivity contribution in [2.24, 2.45) is 0 Å². The van der Waals surface area contributed by atoms with Crippen LogP contribution in [0.2, 0.25) is 0 Å². The molecule has 0 fully saturated rings. The van der Waals surface area contributed by atoms with E-state index in [0.717, 1.165) is 17.3 Å². The van der Waals surface area contributed by atoms with E-state index in [9.17, 15) is 4.79 Å². The van der Waals surface area contributed by atoms with E-state index >= 15 is 0 Å². The van der Waals surface area contributed by atoms with Gasteiger partial charge in [0.05, 0.1) is 12.3 Å². The van der Waals surface area contributed by atoms with E-state index in [-0.39, 0.29) is 12.5 Å². The van der Waals surface area contributed by atoms with Crippen LogP contribution in [0.1, 0.15) is 5.56 Å². The van der Waals surface area contributed by atoms with Crippen LogP contribution in [0.25, 0.3) is 0 Å². The number of benzene rings is 1. The molecule has 2 heterocycles. The first kappa shape index (κ1) is 12.7. The van der Waals surface area contributed by atoms with Crippen LogP contribution < -0.4 is 9.47 Å². The zero-order chi connectivity index (χ0) is 13.9. The second-order valence-corrected chi connectivity index (χ2v) is 4.93. The van der Waals surface area contributed by atoms with E-state index in [0.29, 0.717) is 23.2 Å². The number of thioether (sulfide) groups is 1. The summed E-state index contributed by atoms with van der Waals surface area (Å²) >= 11 is 1.08. The molecule has 0 unspecified atom stereocenters. The molecule has 2 aromatic rings. The highest BCUT2D eigenvalue weighted by Crippen LogP contribution is 2.32. The van der Waals surface area contributed by atoms with E-state index in [1.807, 2.05) is 18.2 Å². The monoisotopic (exact) mass is 294 g/mol. The number of fused-ring (bicyclic) bond motifs is 1. The number of aromatic nitrogens is 4. The number of hydrogen-bond donors (Lipinski definition) is 1. The highest BCUT2D eigenvalue weighted by molar-refractivity contribution is 7.99. The second kappa shape index (κ2) is 5.37. The first-order chi connectivity index (χ1) is 9.72. The van der Waals surface area contributed by atoms with Gasteiger partial charge in [0.2, 0.25) is 11.9 Å². The Hall–Kier alpha value is -2.29. The SMILES string of the molecule is O=C(O)CSc1nnnn1Cc1ccc2c(c1)OCO2. The van der Waals surface area contributed by atoms with Crippen LogP contribution in [0.15, 0.2) is 23.4 Å². The summed E-state index contributed by atoms with van der Waals surface area (Å²) < 4.78 is 12.1. The van der Waals surface area contributed by atoms with E-state index in [2.05, 4.69) is 15.5 Å². The third-order valence-electron chi connectivity index (χ3n) is 2.59. The molecule has 1 aliphatic rings. The lowest BCUT2D eigenvalue weighted by Crippen LogP contribution is -2.06. The predicted octanol–water partition coefficient (Wildman–Crippen LogP) is 0.627. The third-order valence-corrected chi connectivity index (χ3v) is 3.53. The van der Waals surface area contributed by atoms with Crippen LogP contribution in [0.4, 0.5) is 0 Å². The highest BCUT2D eigenvalue weighted by Gasteiger charge is 2.15. The molecule has 0 saturated heterocycles. The van der Waals surface area contributed by atoms with Crippen LogP contribution >= 0.6 is 11.8 Å². The van der Waals surface area contributed by atoms with Crippen molar-refractivity contribution in [1.82, 2.24) is 20.2 Å². The molecule has 0 atom stereocenters. The number of aliphatic carboxylic acids is 1. The molecule has 0 radical (unpaired) electrons. The van der Waals surface area contributed by atoms with E-state index < -0.39 is 5.97 Å². The maximum atomic E-state index is 10.6. The van der Waals surface area contributed by atoms with Gasteiger partial charge in [0.15, 0.2) is 11.5 Å². The lowest BCUT2D eigenvalue weighted by Gasteiger charge is -2.04. The summed E-state index contributed by atoms with van der Waals surface area (Å²) in [5.41, 5.74) is 0.943. The Balaban J connectivity index is 1.74. The van der Waals surface area contributed by atoms with Gasteiger partial charge in [-0.1, -0.05) is 17.8 Å². The first-order valence-electron chi connectivity index (χ1n) is 5.71. The van der Waals surface area contributed by atoms with E-state index in [1.54, 1.807) is 4.68 Å². The molecule has 3 rings (SSSR count). The molecule has 1 aromatic heterocycles. The maximum absolute atomic E-state index is 10.6. The topological polar surface area (TPSA) is 99.4 Å². The summed E-state index contributed by atoms with van der Waals surface area (Å²) in [7, 11) is 0. The number of carbonyl (C=O) groups is 1. The standard InChI is InChI=1S/C11H10N4O4S/c16-10(17)5-20-11-12-13-14-15(11)4-7-1-2-8-9(3-7)19-6-18-8/h1-3H,4-6H2,(H,16,17). The molecule has 0 amide bonds. The van der Waals surface area contributed by atoms with Gasteiger partial charge in [-0.3, -0.25) is 4.79 Å². The summed E-state index contributed by atoms with van der Waals surface area (Å²) in [5, 5.41) is 20.3. The summed E-state index contributed by atoms with van der Waals surface area (Å²) in [6.07, 6.45) is 0. The van der Waals surface area contributed by atoms with Crippen molar-refractivity contribution in [3.05, 3.63) is 23.8 Å². The molecular formula is C11H10N4O4S. The minimum absolute atomic E-state index is 0.0818. The molecule has 0 saturated carbocycles. The van der Waals surface area contributed by atoms with E-state index in [4.69, 9.17) is 14.6 Å². The molecule has 104 valence electrons. The van der Waals surface area contributed by atoms with Crippen molar-refractivity contribution in [3.63, 3.8) is 0 Å². The lowest BCUT2D eigenvalue weighted by molar-refractivity contribution is -0.133. The van der Waals surface area contributed by atoms with Gasteiger partial charge < -0.3 is 14.6 Å². The minimum atomic E-state index is -0.910. The van der Waals surface area contributed by atoms with Crippen molar-refractivity contribution in [2.45, 2.75) is 11.7 Å². The summed E-state index contributed by atoms with van der Waals surface area (Å²) in [4.78, 5) is 10.6. The van der Waals surface area contributed by atoms with Crippen LogP contribution in [0, 0.1) is 0 Å². The van der Waals surface area contributed by atoms with Gasteiger partial charge in [-0.15, -0.1) is 5.10 Å². The summed E-state index contributed by atoms with van der Waals surface area (Å²) in [6, 6.07) is 5.57. The number of tetrazole rings is 1. The molecule has 1 N–H and O–H groups in total. The Morgan fingerprint density at radius 1 is 1.40 bits per heavy atom. The molecule has 9 heteroatoms. The Labute approximate surface area is 117 Å². The molecule has 0 bridgehead atoms. The Morgan fingerprint density at radius 3 is 3.10 bits per heavy atom. The van der Waals surface area contributed by atoms with Crippen molar-refractivity contribution < 1.29 is 19.4 Å². The Kier molecular flexibility index (Phi) is 3.42. The number of rotatable bonds is 5. The van der Waals surface area contributed by atoms with Crippen LogP contribution in [0.5, 0.6) is 11.5 Å². The fourth-order valence-electron chi connectivity index (χ4n) is 1.74. The van der Waals surface area contributed by atoms with Crippen LogP contribution in [-0.4, -0.2) is 43.8 Å². The molecule has 0 spiro atoms. The number of carboxylic acid groups (broad SMARTS) is 1. The maximum Gasteiger partial charge on any atom is 0.313 e. The predicted molar refractivity (Wildman–Crippen MR) is 67.8 cm³/mol. The number of carboxylic acids is 1. The second-order valence-electron chi connectivity index (χ2n) is 3.99. The number of hydrogen-bond acceptors (Lipinski definition) is 7. The fraction of sp³-hybridized carbons (Fsp3) is 0.273. The third kappa shape index (κ3) is 2.67. The first-order valence-corrected chi connectivity index (χ1v) is 6.70. The van der Waals surface area contributed by atoms with Crippen LogP contribution in [0.3, 0.4) is 0 Å². The number of ether oxygens (including phenoxy) is 2. The van der Waals surface area contributed by atoms with Gasteiger partial charge in [0, 0.05) is 0 Å². The Morgan fingerprint density at radius 2 is 2.25 bits per heavy atom. The summed E-state index contributed by atoms with van der Waals surface area (Å²) in [5.74, 6) is 0.413. The zero-order valence-corrected chi connectivity index (χ0v) is 11.0. The van der Waals surface area contributed by atoms with Gasteiger partial charge in [0.25, 0.3) is 0 Å². The van der Waals surface area contributed by atoms with Crippen molar-refractivity contribution >= 4 is 17.7 Å². The number of nitrogens with zero attached hydrogens (tertiary/aromatic N) is 4. The average molecular weight is 294 g/mol. The van der Waals surface area contributed by atoms with Crippen LogP contribution in [-0.2, 0) is 11.3 Å². The minimum Gasteiger partial charge on any atom is -0.481 e.